The normalized spacial score (nSPS) is 10.6. The van der Waals surface area contributed by atoms with Crippen LogP contribution < -0.4 is 16.0 Å². The Morgan fingerprint density at radius 1 is 1.00 bits per heavy atom. The number of benzene rings is 1. The lowest BCUT2D eigenvalue weighted by Gasteiger charge is -2.14. The van der Waals surface area contributed by atoms with Gasteiger partial charge in [-0.05, 0) is 44.7 Å². The van der Waals surface area contributed by atoms with Gasteiger partial charge < -0.3 is 21.1 Å². The molecule has 0 aliphatic heterocycles. The topological polar surface area (TPSA) is 142 Å². The van der Waals surface area contributed by atoms with Crippen molar-refractivity contribution in [1.29, 1.82) is 0 Å². The van der Waals surface area contributed by atoms with Crippen LogP contribution in [-0.2, 0) is 14.4 Å². The van der Waals surface area contributed by atoms with Crippen molar-refractivity contribution in [3.05, 3.63) is 35.4 Å². The molecule has 0 fully saturated rings. The van der Waals surface area contributed by atoms with Gasteiger partial charge in [0, 0.05) is 18.7 Å². The first-order valence-corrected chi connectivity index (χ1v) is 9.47. The number of carbonyl (C=O) groups is 3. The maximum absolute atomic E-state index is 11.9. The van der Waals surface area contributed by atoms with Gasteiger partial charge in [0.25, 0.3) is 5.91 Å². The summed E-state index contributed by atoms with van der Waals surface area (Å²) in [6, 6.07) is 6.10. The Bertz CT molecular complexity index is 669. The van der Waals surface area contributed by atoms with E-state index in [-0.39, 0.29) is 12.1 Å². The van der Waals surface area contributed by atoms with Crippen molar-refractivity contribution in [3.63, 3.8) is 0 Å². The molecule has 1 rings (SSSR count). The van der Waals surface area contributed by atoms with E-state index in [1.807, 2.05) is 26.0 Å². The second kappa shape index (κ2) is 15.8. The summed E-state index contributed by atoms with van der Waals surface area (Å²) in [4.78, 5) is 50.8. The SMILES string of the molecule is CCC[C@H](NC(=O)NCCCCCNC(=O)c1ccc(C)cc1)C(=O)O.O=C=O. The summed E-state index contributed by atoms with van der Waals surface area (Å²) in [5, 5.41) is 17.0. The molecule has 1 aromatic carbocycles. The molecule has 0 aromatic heterocycles. The third-order valence-electron chi connectivity index (χ3n) is 3.92. The number of carbonyl (C=O) groups excluding carboxylic acids is 4. The van der Waals surface area contributed by atoms with Gasteiger partial charge in [-0.25, -0.2) is 9.59 Å². The van der Waals surface area contributed by atoms with Gasteiger partial charge in [0.2, 0.25) is 0 Å². The Labute approximate surface area is 170 Å². The molecule has 0 aliphatic rings. The zero-order chi connectivity index (χ0) is 22.1. The largest absolute Gasteiger partial charge is 0.480 e. The third-order valence-corrected chi connectivity index (χ3v) is 3.92. The average Bonchev–Trinajstić information content (AvgIpc) is 2.67. The molecule has 9 nitrogen and oxygen atoms in total. The van der Waals surface area contributed by atoms with Crippen LogP contribution in [0.15, 0.2) is 24.3 Å². The summed E-state index contributed by atoms with van der Waals surface area (Å²) in [5.74, 6) is -1.11. The van der Waals surface area contributed by atoms with E-state index in [0.717, 1.165) is 24.8 Å². The van der Waals surface area contributed by atoms with Gasteiger partial charge in [0.05, 0.1) is 0 Å². The molecule has 0 bridgehead atoms. The van der Waals surface area contributed by atoms with E-state index in [0.29, 0.717) is 31.5 Å². The zero-order valence-corrected chi connectivity index (χ0v) is 16.8. The highest BCUT2D eigenvalue weighted by Gasteiger charge is 2.18. The van der Waals surface area contributed by atoms with Crippen molar-refractivity contribution < 1.29 is 29.1 Å². The molecule has 9 heteroatoms. The molecular weight excluding hydrogens is 378 g/mol. The second-order valence-electron chi connectivity index (χ2n) is 6.35. The Kier molecular flexibility index (Phi) is 14.1. The van der Waals surface area contributed by atoms with E-state index < -0.39 is 18.0 Å². The first-order chi connectivity index (χ1) is 13.8. The van der Waals surface area contributed by atoms with Gasteiger partial charge in [-0.3, -0.25) is 4.79 Å². The molecule has 29 heavy (non-hydrogen) atoms. The van der Waals surface area contributed by atoms with E-state index in [9.17, 15) is 14.4 Å². The first-order valence-electron chi connectivity index (χ1n) is 9.47. The highest BCUT2D eigenvalue weighted by Crippen LogP contribution is 2.03. The molecule has 160 valence electrons. The van der Waals surface area contributed by atoms with Gasteiger partial charge in [-0.2, -0.15) is 9.59 Å². The van der Waals surface area contributed by atoms with Crippen LogP contribution >= 0.6 is 0 Å². The molecule has 0 spiro atoms. The Hall–Kier alpha value is -3.19. The molecule has 4 N–H and O–H groups in total. The van der Waals surface area contributed by atoms with Crippen LogP contribution in [0.1, 0.15) is 54.9 Å². The van der Waals surface area contributed by atoms with E-state index >= 15 is 0 Å². The molecule has 0 saturated heterocycles. The van der Waals surface area contributed by atoms with Gasteiger partial charge in [0.15, 0.2) is 0 Å². The highest BCUT2D eigenvalue weighted by atomic mass is 16.4. The minimum Gasteiger partial charge on any atom is -0.480 e. The molecule has 1 aromatic rings. The summed E-state index contributed by atoms with van der Waals surface area (Å²) >= 11 is 0. The van der Waals surface area contributed by atoms with Crippen LogP contribution in [-0.4, -0.2) is 48.3 Å². The number of hydrogen-bond acceptors (Lipinski definition) is 5. The van der Waals surface area contributed by atoms with Gasteiger partial charge >= 0.3 is 18.2 Å². The molecule has 3 amide bonds. The number of aliphatic carboxylic acids is 1. The molecule has 0 heterocycles. The number of urea groups is 1. The molecule has 1 atom stereocenters. The average molecular weight is 407 g/mol. The highest BCUT2D eigenvalue weighted by molar-refractivity contribution is 5.94. The maximum Gasteiger partial charge on any atom is 0.373 e. The number of unbranched alkanes of at least 4 members (excludes halogenated alkanes) is 2. The number of aryl methyl sites for hydroxylation is 1. The summed E-state index contributed by atoms with van der Waals surface area (Å²) in [6.45, 7) is 4.89. The first kappa shape index (κ1) is 25.8. The molecule has 0 unspecified atom stereocenters. The fourth-order valence-electron chi connectivity index (χ4n) is 2.39. The van der Waals surface area contributed by atoms with Crippen LogP contribution in [0, 0.1) is 6.92 Å². The molecule has 0 radical (unpaired) electrons. The number of carboxylic acids is 1. The smallest absolute Gasteiger partial charge is 0.373 e. The fraction of sp³-hybridized carbons (Fsp3) is 0.500. The Morgan fingerprint density at radius 2 is 1.55 bits per heavy atom. The minimum absolute atomic E-state index is 0.0851. The van der Waals surface area contributed by atoms with E-state index in [1.165, 1.54) is 0 Å². The van der Waals surface area contributed by atoms with Crippen LogP contribution in [0.5, 0.6) is 0 Å². The standard InChI is InChI=1S/C19H29N3O4.CO2/c1-3-7-16(18(24)25)22-19(26)21-13-6-4-5-12-20-17(23)15-10-8-14(2)9-11-15;2-1-3/h8-11,16H,3-7,12-13H2,1-2H3,(H,20,23)(H,24,25)(H2,21,22,26);/t16-;/m0./s1. The minimum atomic E-state index is -1.02. The van der Waals surface area contributed by atoms with Crippen LogP contribution in [0.4, 0.5) is 4.79 Å². The van der Waals surface area contributed by atoms with Crippen LogP contribution in [0.2, 0.25) is 0 Å². The zero-order valence-electron chi connectivity index (χ0n) is 16.8. The summed E-state index contributed by atoms with van der Waals surface area (Å²) < 4.78 is 0. The predicted octanol–water partition coefficient (Wildman–Crippen LogP) is 1.86. The number of hydrogen-bond donors (Lipinski definition) is 4. The van der Waals surface area contributed by atoms with Crippen molar-refractivity contribution in [2.45, 2.75) is 52.0 Å². The molecular formula is C20H29N3O6. The maximum atomic E-state index is 11.9. The van der Waals surface area contributed by atoms with Crippen molar-refractivity contribution in [2.75, 3.05) is 13.1 Å². The van der Waals surface area contributed by atoms with Gasteiger partial charge in [0.1, 0.15) is 6.04 Å². The third kappa shape index (κ3) is 12.8. The summed E-state index contributed by atoms with van der Waals surface area (Å²) in [6.07, 6.45) is 3.77. The van der Waals surface area contributed by atoms with Crippen molar-refractivity contribution >= 4 is 24.1 Å². The predicted molar refractivity (Wildman–Crippen MR) is 105 cm³/mol. The van der Waals surface area contributed by atoms with E-state index in [4.69, 9.17) is 14.7 Å². The summed E-state index contributed by atoms with van der Waals surface area (Å²) in [7, 11) is 0. The van der Waals surface area contributed by atoms with Crippen molar-refractivity contribution in [2.24, 2.45) is 0 Å². The summed E-state index contributed by atoms with van der Waals surface area (Å²) in [5.41, 5.74) is 1.76. The second-order valence-corrected chi connectivity index (χ2v) is 6.35. The van der Waals surface area contributed by atoms with E-state index in [2.05, 4.69) is 16.0 Å². The molecule has 0 saturated carbocycles. The van der Waals surface area contributed by atoms with Gasteiger partial charge in [-0.1, -0.05) is 31.0 Å². The van der Waals surface area contributed by atoms with Crippen molar-refractivity contribution in [3.8, 4) is 0 Å². The number of nitrogens with one attached hydrogen (secondary N) is 3. The monoisotopic (exact) mass is 407 g/mol. The Morgan fingerprint density at radius 3 is 2.07 bits per heavy atom. The van der Waals surface area contributed by atoms with Crippen molar-refractivity contribution in [1.82, 2.24) is 16.0 Å². The number of rotatable bonds is 11. The van der Waals surface area contributed by atoms with Crippen LogP contribution in [0.25, 0.3) is 0 Å². The molecule has 0 aliphatic carbocycles. The van der Waals surface area contributed by atoms with Gasteiger partial charge in [-0.15, -0.1) is 0 Å². The Balaban J connectivity index is 0.00000245. The lowest BCUT2D eigenvalue weighted by Crippen LogP contribution is -2.46. The quantitative estimate of drug-likeness (QED) is 0.413. The number of amides is 3. The van der Waals surface area contributed by atoms with E-state index in [1.54, 1.807) is 12.1 Å². The lowest BCUT2D eigenvalue weighted by atomic mass is 10.1. The fourth-order valence-corrected chi connectivity index (χ4v) is 2.39. The van der Waals surface area contributed by atoms with Crippen LogP contribution in [0.3, 0.4) is 0 Å². The number of carboxylic acid groups (broad SMARTS) is 1. The lowest BCUT2D eigenvalue weighted by molar-refractivity contribution is -0.191.